The van der Waals surface area contributed by atoms with Crippen LogP contribution in [-0.4, -0.2) is 43.8 Å². The average Bonchev–Trinajstić information content (AvgIpc) is 3.04. The number of benzene rings is 2. The van der Waals surface area contributed by atoms with Gasteiger partial charge in [-0.2, -0.15) is 0 Å². The van der Waals surface area contributed by atoms with Gasteiger partial charge in [0.2, 0.25) is 10.0 Å². The molecule has 0 saturated heterocycles. The number of aromatic carboxylic acids is 1. The predicted molar refractivity (Wildman–Crippen MR) is 103 cm³/mol. The highest BCUT2D eigenvalue weighted by Crippen LogP contribution is 2.29. The smallest absolute Gasteiger partial charge is 0.237 e. The molecule has 0 atom stereocenters. The molecule has 0 radical (unpaired) electrons. The molecule has 8 nitrogen and oxygen atoms in total. The molecule has 0 aliphatic heterocycles. The first-order valence-electron chi connectivity index (χ1n) is 8.09. The van der Waals surface area contributed by atoms with Crippen molar-refractivity contribution in [3.63, 3.8) is 0 Å². The second-order valence-corrected chi connectivity index (χ2v) is 7.74. The standard InChI is InChI=1S/C19H18N2O6S/c1-26-15-9-7-12(11-16(15)27-2)8-10-17-20-18-13(19(22)23)5-4-6-14(18)21(17)28(3,24)25/h4-11H,1-3H3,(H,22,23)/p-1/b10-8+. The van der Waals surface area contributed by atoms with Crippen LogP contribution in [0.4, 0.5) is 0 Å². The van der Waals surface area contributed by atoms with E-state index in [4.69, 9.17) is 9.47 Å². The zero-order valence-corrected chi connectivity index (χ0v) is 16.2. The van der Waals surface area contributed by atoms with Crippen molar-refractivity contribution in [3.8, 4) is 11.5 Å². The summed E-state index contributed by atoms with van der Waals surface area (Å²) in [7, 11) is -0.708. The first kappa shape index (κ1) is 19.4. The molecule has 146 valence electrons. The Hall–Kier alpha value is -3.33. The van der Waals surface area contributed by atoms with Crippen LogP contribution < -0.4 is 14.6 Å². The molecule has 0 saturated carbocycles. The summed E-state index contributed by atoms with van der Waals surface area (Å²) < 4.78 is 36.0. The summed E-state index contributed by atoms with van der Waals surface area (Å²) >= 11 is 0. The molecule has 1 heterocycles. The van der Waals surface area contributed by atoms with Crippen molar-refractivity contribution in [1.29, 1.82) is 0 Å². The van der Waals surface area contributed by atoms with Crippen LogP contribution in [0.25, 0.3) is 23.2 Å². The van der Waals surface area contributed by atoms with Gasteiger partial charge in [-0.05, 0) is 29.8 Å². The summed E-state index contributed by atoms with van der Waals surface area (Å²) in [5.74, 6) is -0.290. The fourth-order valence-electron chi connectivity index (χ4n) is 2.84. The van der Waals surface area contributed by atoms with Gasteiger partial charge in [0.1, 0.15) is 5.82 Å². The number of imidazole rings is 1. The van der Waals surface area contributed by atoms with Gasteiger partial charge in [0.25, 0.3) is 0 Å². The zero-order valence-electron chi connectivity index (χ0n) is 15.4. The maximum absolute atomic E-state index is 12.3. The van der Waals surface area contributed by atoms with Crippen LogP contribution in [0.3, 0.4) is 0 Å². The third-order valence-electron chi connectivity index (χ3n) is 4.05. The predicted octanol–water partition coefficient (Wildman–Crippen LogP) is 1.40. The Morgan fingerprint density at radius 1 is 1.11 bits per heavy atom. The maximum atomic E-state index is 12.3. The molecule has 1 aromatic heterocycles. The van der Waals surface area contributed by atoms with Gasteiger partial charge in [-0.1, -0.05) is 24.3 Å². The number of carboxylic acid groups (broad SMARTS) is 1. The summed E-state index contributed by atoms with van der Waals surface area (Å²) in [5.41, 5.74) is 0.738. The van der Waals surface area contributed by atoms with E-state index in [1.165, 1.54) is 38.5 Å². The molecule has 0 bridgehead atoms. The number of carbonyl (C=O) groups is 1. The second kappa shape index (κ2) is 7.35. The summed E-state index contributed by atoms with van der Waals surface area (Å²) in [5, 5.41) is 11.3. The minimum atomic E-state index is -3.74. The molecule has 0 fully saturated rings. The van der Waals surface area contributed by atoms with Crippen LogP contribution >= 0.6 is 0 Å². The number of carbonyl (C=O) groups excluding carboxylic acids is 1. The molecular weight excluding hydrogens is 384 g/mol. The Labute approximate surface area is 161 Å². The number of hydrogen-bond acceptors (Lipinski definition) is 7. The molecule has 2 aromatic carbocycles. The van der Waals surface area contributed by atoms with Crippen molar-refractivity contribution in [1.82, 2.24) is 8.96 Å². The Morgan fingerprint density at radius 2 is 1.82 bits per heavy atom. The quantitative estimate of drug-likeness (QED) is 0.614. The summed E-state index contributed by atoms with van der Waals surface area (Å²) in [4.78, 5) is 15.6. The van der Waals surface area contributed by atoms with E-state index >= 15 is 0 Å². The first-order chi connectivity index (χ1) is 13.3. The van der Waals surface area contributed by atoms with Gasteiger partial charge >= 0.3 is 0 Å². The van der Waals surface area contributed by atoms with E-state index in [9.17, 15) is 18.3 Å². The lowest BCUT2D eigenvalue weighted by Gasteiger charge is -2.07. The number of methoxy groups -OCH3 is 2. The van der Waals surface area contributed by atoms with Gasteiger partial charge in [0, 0.05) is 5.56 Å². The molecule has 0 unspecified atom stereocenters. The number of aromatic nitrogens is 2. The van der Waals surface area contributed by atoms with Crippen molar-refractivity contribution in [3.05, 3.63) is 53.3 Å². The van der Waals surface area contributed by atoms with Crippen molar-refractivity contribution in [2.45, 2.75) is 0 Å². The molecule has 0 amide bonds. The summed E-state index contributed by atoms with van der Waals surface area (Å²) in [6.07, 6.45) is 4.15. The number of ether oxygens (including phenoxy) is 2. The van der Waals surface area contributed by atoms with E-state index in [1.807, 2.05) is 0 Å². The number of nitrogens with zero attached hydrogens (tertiary/aromatic N) is 2. The molecule has 0 N–H and O–H groups in total. The van der Waals surface area contributed by atoms with E-state index in [-0.39, 0.29) is 22.4 Å². The molecular formula is C19H17N2O6S-. The van der Waals surface area contributed by atoms with Crippen LogP contribution in [0.15, 0.2) is 36.4 Å². The highest BCUT2D eigenvalue weighted by atomic mass is 32.2. The lowest BCUT2D eigenvalue weighted by molar-refractivity contribution is -0.254. The van der Waals surface area contributed by atoms with Crippen LogP contribution in [0.5, 0.6) is 11.5 Å². The van der Waals surface area contributed by atoms with Crippen LogP contribution in [0, 0.1) is 0 Å². The highest BCUT2D eigenvalue weighted by Gasteiger charge is 2.18. The molecule has 0 aliphatic rings. The third kappa shape index (κ3) is 3.56. The van der Waals surface area contributed by atoms with Crippen molar-refractivity contribution in [2.24, 2.45) is 0 Å². The monoisotopic (exact) mass is 401 g/mol. The fourth-order valence-corrected chi connectivity index (χ4v) is 3.79. The average molecular weight is 401 g/mol. The van der Waals surface area contributed by atoms with Crippen molar-refractivity contribution >= 4 is 39.2 Å². The third-order valence-corrected chi connectivity index (χ3v) is 5.10. The molecule has 0 aliphatic carbocycles. The van der Waals surface area contributed by atoms with Crippen LogP contribution in [0.1, 0.15) is 21.7 Å². The summed E-state index contributed by atoms with van der Waals surface area (Å²) in [6, 6.07) is 9.45. The Bertz CT molecular complexity index is 1190. The topological polar surface area (TPSA) is 111 Å². The van der Waals surface area contributed by atoms with Gasteiger partial charge in [0.05, 0.1) is 37.5 Å². The largest absolute Gasteiger partial charge is 0.545 e. The number of hydrogen-bond donors (Lipinski definition) is 0. The maximum Gasteiger partial charge on any atom is 0.237 e. The SMILES string of the molecule is COc1ccc(/C=C/c2nc3c(C(=O)[O-])cccc3n2S(C)(=O)=O)cc1OC. The van der Waals surface area contributed by atoms with Crippen molar-refractivity contribution in [2.75, 3.05) is 20.5 Å². The van der Waals surface area contributed by atoms with E-state index in [0.717, 1.165) is 10.2 Å². The normalized spacial score (nSPS) is 11.8. The van der Waals surface area contributed by atoms with Gasteiger partial charge in [-0.3, -0.25) is 0 Å². The Morgan fingerprint density at radius 3 is 2.43 bits per heavy atom. The van der Waals surface area contributed by atoms with Gasteiger partial charge in [-0.15, -0.1) is 0 Å². The fraction of sp³-hybridized carbons (Fsp3) is 0.158. The van der Waals surface area contributed by atoms with Crippen LogP contribution in [0.2, 0.25) is 0 Å². The minimum Gasteiger partial charge on any atom is -0.545 e. The van der Waals surface area contributed by atoms with Gasteiger partial charge in [0.15, 0.2) is 11.5 Å². The van der Waals surface area contributed by atoms with Gasteiger partial charge in [-0.25, -0.2) is 17.4 Å². The first-order valence-corrected chi connectivity index (χ1v) is 9.94. The Balaban J connectivity index is 2.16. The molecule has 0 spiro atoms. The molecule has 3 aromatic rings. The number of fused-ring (bicyclic) bond motifs is 1. The Kier molecular flexibility index (Phi) is 5.10. The second-order valence-electron chi connectivity index (χ2n) is 5.91. The van der Waals surface area contributed by atoms with Gasteiger partial charge < -0.3 is 19.4 Å². The van der Waals surface area contributed by atoms with E-state index in [2.05, 4.69) is 4.98 Å². The van der Waals surface area contributed by atoms with Crippen LogP contribution in [-0.2, 0) is 10.0 Å². The summed E-state index contributed by atoms with van der Waals surface area (Å²) in [6.45, 7) is 0. The molecule has 28 heavy (non-hydrogen) atoms. The minimum absolute atomic E-state index is 0.0416. The number of para-hydroxylation sites is 1. The molecule has 9 heteroatoms. The highest BCUT2D eigenvalue weighted by molar-refractivity contribution is 7.89. The lowest BCUT2D eigenvalue weighted by Crippen LogP contribution is -2.22. The van der Waals surface area contributed by atoms with E-state index in [0.29, 0.717) is 17.1 Å². The number of rotatable bonds is 6. The molecule has 3 rings (SSSR count). The van der Waals surface area contributed by atoms with E-state index in [1.54, 1.807) is 24.3 Å². The van der Waals surface area contributed by atoms with E-state index < -0.39 is 16.0 Å². The number of carboxylic acids is 1. The zero-order chi connectivity index (χ0) is 20.5. The lowest BCUT2D eigenvalue weighted by atomic mass is 10.2. The van der Waals surface area contributed by atoms with Crippen molar-refractivity contribution < 1.29 is 27.8 Å².